The fourth-order valence-corrected chi connectivity index (χ4v) is 1.88. The summed E-state index contributed by atoms with van der Waals surface area (Å²) in [4.78, 5) is 8.74. The van der Waals surface area contributed by atoms with Gasteiger partial charge in [0.25, 0.3) is 0 Å². The molecule has 0 aliphatic carbocycles. The van der Waals surface area contributed by atoms with E-state index in [0.717, 1.165) is 6.54 Å². The van der Waals surface area contributed by atoms with Gasteiger partial charge in [-0.15, -0.1) is 0 Å². The Morgan fingerprint density at radius 1 is 1.20 bits per heavy atom. The molecule has 4 nitrogen and oxygen atoms in total. The van der Waals surface area contributed by atoms with Crippen LogP contribution in [0.5, 0.6) is 0 Å². The summed E-state index contributed by atoms with van der Waals surface area (Å²) >= 11 is 0. The normalized spacial score (nSPS) is 10.1. The molecule has 0 amide bonds. The maximum atomic E-state index is 13.5. The number of rotatable bonds is 4. The third-order valence-electron chi connectivity index (χ3n) is 2.77. The van der Waals surface area contributed by atoms with Gasteiger partial charge in [-0.3, -0.25) is 0 Å². The quantitative estimate of drug-likeness (QED) is 0.927. The van der Waals surface area contributed by atoms with Crippen molar-refractivity contribution in [1.82, 2.24) is 9.97 Å². The van der Waals surface area contributed by atoms with Gasteiger partial charge in [0, 0.05) is 24.6 Å². The van der Waals surface area contributed by atoms with E-state index in [2.05, 4.69) is 15.3 Å². The minimum atomic E-state index is -0.444. The van der Waals surface area contributed by atoms with Crippen molar-refractivity contribution in [1.29, 1.82) is 5.26 Å². The molecule has 0 unspecified atom stereocenters. The first-order chi connectivity index (χ1) is 9.66. The van der Waals surface area contributed by atoms with Crippen LogP contribution in [0, 0.1) is 17.1 Å². The van der Waals surface area contributed by atoms with Gasteiger partial charge >= 0.3 is 0 Å². The number of aryl methyl sites for hydroxylation is 1. The molecular formula is C15H15FN4. The molecule has 102 valence electrons. The van der Waals surface area contributed by atoms with Crippen LogP contribution in [-0.4, -0.2) is 16.5 Å². The zero-order valence-corrected chi connectivity index (χ0v) is 11.4. The van der Waals surface area contributed by atoms with E-state index in [4.69, 9.17) is 5.26 Å². The van der Waals surface area contributed by atoms with Gasteiger partial charge in [0.2, 0.25) is 0 Å². The molecule has 5 heteroatoms. The Morgan fingerprint density at radius 3 is 2.65 bits per heavy atom. The van der Waals surface area contributed by atoms with Crippen molar-refractivity contribution in [2.24, 2.45) is 0 Å². The summed E-state index contributed by atoms with van der Waals surface area (Å²) in [5.41, 5.74) is 1.48. The molecule has 0 fully saturated rings. The van der Waals surface area contributed by atoms with Crippen LogP contribution in [-0.2, 0) is 6.42 Å². The van der Waals surface area contributed by atoms with E-state index in [9.17, 15) is 4.39 Å². The van der Waals surface area contributed by atoms with Crippen LogP contribution < -0.4 is 5.32 Å². The minimum Gasteiger partial charge on any atom is -0.370 e. The lowest BCUT2D eigenvalue weighted by Gasteiger charge is -2.08. The first kappa shape index (κ1) is 13.9. The van der Waals surface area contributed by atoms with Crippen molar-refractivity contribution in [3.05, 3.63) is 41.5 Å². The third-order valence-corrected chi connectivity index (χ3v) is 2.77. The molecule has 2 rings (SSSR count). The number of aromatic nitrogens is 2. The molecule has 0 spiro atoms. The molecule has 0 radical (unpaired) electrons. The van der Waals surface area contributed by atoms with Crippen LogP contribution in [0.1, 0.15) is 25.2 Å². The summed E-state index contributed by atoms with van der Waals surface area (Å²) in [6, 6.07) is 7.91. The maximum Gasteiger partial charge on any atom is 0.131 e. The predicted molar refractivity (Wildman–Crippen MR) is 75.7 cm³/mol. The lowest BCUT2D eigenvalue weighted by molar-refractivity contribution is 0.627. The molecule has 1 N–H and O–H groups in total. The van der Waals surface area contributed by atoms with Crippen molar-refractivity contribution in [2.45, 2.75) is 20.3 Å². The molecule has 0 saturated heterocycles. The number of hydrogen-bond acceptors (Lipinski definition) is 4. The molecule has 0 aliphatic heterocycles. The van der Waals surface area contributed by atoms with Gasteiger partial charge in [0.05, 0.1) is 17.3 Å². The Hall–Kier alpha value is -2.48. The van der Waals surface area contributed by atoms with E-state index < -0.39 is 5.82 Å². The van der Waals surface area contributed by atoms with Gasteiger partial charge in [-0.2, -0.15) is 5.26 Å². The lowest BCUT2D eigenvalue weighted by atomic mass is 10.1. The third kappa shape index (κ3) is 3.09. The number of nitrogens with one attached hydrogen (secondary N) is 1. The zero-order chi connectivity index (χ0) is 14.5. The molecule has 0 atom stereocenters. The molecule has 2 aromatic rings. The van der Waals surface area contributed by atoms with Gasteiger partial charge in [0.15, 0.2) is 0 Å². The van der Waals surface area contributed by atoms with Crippen LogP contribution >= 0.6 is 0 Å². The first-order valence-electron chi connectivity index (χ1n) is 6.49. The summed E-state index contributed by atoms with van der Waals surface area (Å²) < 4.78 is 13.5. The molecule has 0 aliphatic rings. The highest BCUT2D eigenvalue weighted by atomic mass is 19.1. The smallest absolute Gasteiger partial charge is 0.131 e. The average molecular weight is 270 g/mol. The van der Waals surface area contributed by atoms with E-state index in [-0.39, 0.29) is 5.56 Å². The Morgan fingerprint density at radius 2 is 2.00 bits per heavy atom. The number of nitriles is 1. The zero-order valence-electron chi connectivity index (χ0n) is 11.4. The topological polar surface area (TPSA) is 61.6 Å². The number of nitrogens with zero attached hydrogens (tertiary/aromatic N) is 3. The van der Waals surface area contributed by atoms with Crippen LogP contribution in [0.15, 0.2) is 24.3 Å². The van der Waals surface area contributed by atoms with Crippen LogP contribution in [0.25, 0.3) is 11.3 Å². The van der Waals surface area contributed by atoms with E-state index >= 15 is 0 Å². The number of benzene rings is 1. The maximum absolute atomic E-state index is 13.5. The van der Waals surface area contributed by atoms with Crippen LogP contribution in [0.4, 0.5) is 10.2 Å². The Bertz CT molecular complexity index is 661. The SMILES string of the molecule is CCNc1cc(-c2cc(F)cc(C#N)c2)nc(CC)n1. The van der Waals surface area contributed by atoms with Crippen LogP contribution in [0.2, 0.25) is 0 Å². The van der Waals surface area contributed by atoms with Crippen molar-refractivity contribution in [2.75, 3.05) is 11.9 Å². The van der Waals surface area contributed by atoms with E-state index in [1.807, 2.05) is 19.9 Å². The highest BCUT2D eigenvalue weighted by Crippen LogP contribution is 2.22. The summed E-state index contributed by atoms with van der Waals surface area (Å²) in [6.07, 6.45) is 0.687. The Kier molecular flexibility index (Phi) is 4.26. The average Bonchev–Trinajstić information content (AvgIpc) is 2.46. The molecular weight excluding hydrogens is 255 g/mol. The first-order valence-corrected chi connectivity index (χ1v) is 6.49. The minimum absolute atomic E-state index is 0.279. The molecule has 20 heavy (non-hydrogen) atoms. The summed E-state index contributed by atoms with van der Waals surface area (Å²) in [7, 11) is 0. The van der Waals surface area contributed by atoms with Gasteiger partial charge in [0.1, 0.15) is 17.5 Å². The van der Waals surface area contributed by atoms with Crippen molar-refractivity contribution in [3.8, 4) is 17.3 Å². The van der Waals surface area contributed by atoms with Crippen molar-refractivity contribution < 1.29 is 4.39 Å². The monoisotopic (exact) mass is 270 g/mol. The second-order valence-corrected chi connectivity index (χ2v) is 4.28. The molecule has 1 aromatic heterocycles. The number of hydrogen-bond donors (Lipinski definition) is 1. The Labute approximate surface area is 117 Å². The number of anilines is 1. The molecule has 1 heterocycles. The fraction of sp³-hybridized carbons (Fsp3) is 0.267. The van der Waals surface area contributed by atoms with Crippen molar-refractivity contribution >= 4 is 5.82 Å². The number of halogens is 1. The van der Waals surface area contributed by atoms with Crippen molar-refractivity contribution in [3.63, 3.8) is 0 Å². The highest BCUT2D eigenvalue weighted by Gasteiger charge is 2.08. The molecule has 1 aromatic carbocycles. The highest BCUT2D eigenvalue weighted by molar-refractivity contribution is 5.64. The van der Waals surface area contributed by atoms with Gasteiger partial charge in [-0.25, -0.2) is 14.4 Å². The van der Waals surface area contributed by atoms with E-state index in [0.29, 0.717) is 29.3 Å². The summed E-state index contributed by atoms with van der Waals surface area (Å²) in [5.74, 6) is 0.944. The van der Waals surface area contributed by atoms with Gasteiger partial charge < -0.3 is 5.32 Å². The Balaban J connectivity index is 2.54. The largest absolute Gasteiger partial charge is 0.370 e. The van der Waals surface area contributed by atoms with E-state index in [1.165, 1.54) is 12.1 Å². The fourth-order valence-electron chi connectivity index (χ4n) is 1.88. The van der Waals surface area contributed by atoms with Crippen LogP contribution in [0.3, 0.4) is 0 Å². The molecule has 0 bridgehead atoms. The van der Waals surface area contributed by atoms with E-state index in [1.54, 1.807) is 12.1 Å². The predicted octanol–water partition coefficient (Wildman–Crippen LogP) is 3.15. The van der Waals surface area contributed by atoms with Gasteiger partial charge in [-0.1, -0.05) is 6.92 Å². The summed E-state index contributed by atoms with van der Waals surface area (Å²) in [5, 5.41) is 12.0. The van der Waals surface area contributed by atoms with Gasteiger partial charge in [-0.05, 0) is 25.1 Å². The second-order valence-electron chi connectivity index (χ2n) is 4.28. The summed E-state index contributed by atoms with van der Waals surface area (Å²) in [6.45, 7) is 4.68. The second kappa shape index (κ2) is 6.11. The molecule has 0 saturated carbocycles. The lowest BCUT2D eigenvalue weighted by Crippen LogP contribution is -2.04. The standard InChI is InChI=1S/C15H15FN4/c1-3-14-19-13(8-15(20-14)18-4-2)11-5-10(9-17)6-12(16)7-11/h5-8H,3-4H2,1-2H3,(H,18,19,20).